The number of halogens is 2. The predicted octanol–water partition coefficient (Wildman–Crippen LogP) is 5.19. The van der Waals surface area contributed by atoms with Crippen molar-refractivity contribution in [3.8, 4) is 0 Å². The van der Waals surface area contributed by atoms with Crippen LogP contribution in [0, 0.1) is 11.8 Å². The first-order valence-corrected chi connectivity index (χ1v) is 10.7. The quantitative estimate of drug-likeness (QED) is 0.416. The monoisotopic (exact) mass is 402 g/mol. The molecule has 1 saturated carbocycles. The largest absolute Gasteiger partial charge is 0.245 e. The van der Waals surface area contributed by atoms with Crippen molar-refractivity contribution in [2.75, 3.05) is 0 Å². The van der Waals surface area contributed by atoms with Crippen LogP contribution >= 0.6 is 23.2 Å². The van der Waals surface area contributed by atoms with Gasteiger partial charge in [-0.15, -0.1) is 0 Å². The molecule has 0 aromatic heterocycles. The summed E-state index contributed by atoms with van der Waals surface area (Å²) in [7, 11) is 0. The first-order valence-electron chi connectivity index (χ1n) is 9.98. The molecule has 0 unspecified atom stereocenters. The molecule has 0 amide bonds. The summed E-state index contributed by atoms with van der Waals surface area (Å²) in [6, 6.07) is 25.3. The molecule has 3 atom stereocenters. The molecule has 28 heavy (non-hydrogen) atoms. The summed E-state index contributed by atoms with van der Waals surface area (Å²) >= 11 is 13.8. The van der Waals surface area contributed by atoms with E-state index in [-0.39, 0.29) is 6.71 Å². The second kappa shape index (κ2) is 7.46. The maximum absolute atomic E-state index is 6.91. The summed E-state index contributed by atoms with van der Waals surface area (Å²) in [5.41, 5.74) is 4.69. The van der Waals surface area contributed by atoms with E-state index in [1.54, 1.807) is 0 Å². The number of hydrogen-bond donors (Lipinski definition) is 0. The second-order valence-electron chi connectivity index (χ2n) is 8.04. The van der Waals surface area contributed by atoms with Gasteiger partial charge in [0.1, 0.15) is 0 Å². The molecule has 0 N–H and O–H groups in total. The molecule has 0 aliphatic heterocycles. The zero-order chi connectivity index (χ0) is 19.1. The lowest BCUT2D eigenvalue weighted by Gasteiger charge is -2.23. The summed E-state index contributed by atoms with van der Waals surface area (Å²) in [5.74, 6) is 1.92. The summed E-state index contributed by atoms with van der Waals surface area (Å²) in [6.45, 7) is 0.0244. The average Bonchev–Trinajstić information content (AvgIpc) is 3.35. The maximum atomic E-state index is 6.91. The molecule has 3 heteroatoms. The topological polar surface area (TPSA) is 0 Å². The minimum Gasteiger partial charge on any atom is -0.0851 e. The number of hydrogen-bond acceptors (Lipinski definition) is 0. The molecule has 0 nitrogen and oxygen atoms in total. The molecule has 1 fully saturated rings. The molecular formula is C25H21BCl2. The Balaban J connectivity index is 1.61. The van der Waals surface area contributed by atoms with E-state index in [2.05, 4.69) is 72.8 Å². The van der Waals surface area contributed by atoms with Gasteiger partial charge in [0.05, 0.1) is 0 Å². The standard InChI is InChI=1S/C25H21BCl2/c27-23-15-19(22-14-17-11-12-18(22)13-17)16-24(28)25(23)26(20-7-3-1-4-8-20)21-9-5-2-6-10-21/h1-12,15-18,22H,13-14H2/t17-,18+,22+/m0/s1. The van der Waals surface area contributed by atoms with Gasteiger partial charge < -0.3 is 0 Å². The Hall–Kier alpha value is -1.96. The Kier molecular flexibility index (Phi) is 4.82. The van der Waals surface area contributed by atoms with E-state index in [4.69, 9.17) is 23.2 Å². The third-order valence-corrected chi connectivity index (χ3v) is 6.99. The summed E-state index contributed by atoms with van der Waals surface area (Å²) < 4.78 is 0. The van der Waals surface area contributed by atoms with Crippen molar-refractivity contribution >= 4 is 46.3 Å². The fraction of sp³-hybridized carbons (Fsp3) is 0.200. The first kappa shape index (κ1) is 18.1. The Morgan fingerprint density at radius 2 is 1.29 bits per heavy atom. The minimum absolute atomic E-state index is 0.0244. The molecular weight excluding hydrogens is 382 g/mol. The second-order valence-corrected chi connectivity index (χ2v) is 8.85. The van der Waals surface area contributed by atoms with Gasteiger partial charge >= 0.3 is 0 Å². The Bertz CT molecular complexity index is 951. The Morgan fingerprint density at radius 1 is 0.714 bits per heavy atom. The van der Waals surface area contributed by atoms with Gasteiger partial charge in [-0.05, 0) is 53.8 Å². The van der Waals surface area contributed by atoms with Gasteiger partial charge in [0.2, 0.25) is 6.71 Å². The summed E-state index contributed by atoms with van der Waals surface area (Å²) in [4.78, 5) is 0. The van der Waals surface area contributed by atoms with Crippen molar-refractivity contribution < 1.29 is 0 Å². The fourth-order valence-electron chi connectivity index (χ4n) is 5.07. The van der Waals surface area contributed by atoms with E-state index < -0.39 is 0 Å². The van der Waals surface area contributed by atoms with E-state index in [1.165, 1.54) is 29.3 Å². The van der Waals surface area contributed by atoms with Gasteiger partial charge in [-0.3, -0.25) is 0 Å². The zero-order valence-electron chi connectivity index (χ0n) is 15.6. The first-order chi connectivity index (χ1) is 13.7. The van der Waals surface area contributed by atoms with Gasteiger partial charge in [-0.1, -0.05) is 107 Å². The normalized spacial score (nSPS) is 22.6. The van der Waals surface area contributed by atoms with E-state index in [0.29, 0.717) is 11.8 Å². The van der Waals surface area contributed by atoms with Gasteiger partial charge in [-0.25, -0.2) is 0 Å². The lowest BCUT2D eigenvalue weighted by molar-refractivity contribution is 0.586. The number of rotatable bonds is 4. The molecule has 2 bridgehead atoms. The molecule has 0 radical (unpaired) electrons. The highest BCUT2D eigenvalue weighted by atomic mass is 35.5. The number of benzene rings is 3. The van der Waals surface area contributed by atoms with Gasteiger partial charge in [0.15, 0.2) is 0 Å². The van der Waals surface area contributed by atoms with Crippen LogP contribution in [-0.2, 0) is 0 Å². The van der Waals surface area contributed by atoms with Crippen LogP contribution in [0.4, 0.5) is 0 Å². The van der Waals surface area contributed by atoms with E-state index in [9.17, 15) is 0 Å². The average molecular weight is 403 g/mol. The van der Waals surface area contributed by atoms with Crippen molar-refractivity contribution in [2.24, 2.45) is 11.8 Å². The lowest BCUT2D eigenvalue weighted by atomic mass is 9.36. The highest BCUT2D eigenvalue weighted by Gasteiger charge is 2.37. The fourth-order valence-corrected chi connectivity index (χ4v) is 5.80. The van der Waals surface area contributed by atoms with Crippen LogP contribution in [-0.4, -0.2) is 6.71 Å². The van der Waals surface area contributed by atoms with E-state index in [0.717, 1.165) is 21.4 Å². The minimum atomic E-state index is 0.0244. The number of fused-ring (bicyclic) bond motifs is 2. The summed E-state index contributed by atoms with van der Waals surface area (Å²) in [5, 5.41) is 1.54. The lowest BCUT2D eigenvalue weighted by Crippen LogP contribution is -2.52. The molecule has 0 spiro atoms. The zero-order valence-corrected chi connectivity index (χ0v) is 17.1. The van der Waals surface area contributed by atoms with Crippen LogP contribution in [0.3, 0.4) is 0 Å². The van der Waals surface area contributed by atoms with Crippen LogP contribution < -0.4 is 16.4 Å². The van der Waals surface area contributed by atoms with Crippen LogP contribution in [0.25, 0.3) is 0 Å². The number of allylic oxidation sites excluding steroid dienone is 2. The van der Waals surface area contributed by atoms with Gasteiger partial charge in [0, 0.05) is 10.0 Å². The van der Waals surface area contributed by atoms with E-state index >= 15 is 0 Å². The third-order valence-electron chi connectivity index (χ3n) is 6.36. The molecule has 0 saturated heterocycles. The molecule has 2 aliphatic rings. The van der Waals surface area contributed by atoms with E-state index in [1.807, 2.05) is 12.1 Å². The van der Waals surface area contributed by atoms with Gasteiger partial charge in [-0.2, -0.15) is 0 Å². The third kappa shape index (κ3) is 3.21. The summed E-state index contributed by atoms with van der Waals surface area (Å²) in [6.07, 6.45) is 7.25. The van der Waals surface area contributed by atoms with Gasteiger partial charge in [0.25, 0.3) is 0 Å². The van der Waals surface area contributed by atoms with Crippen LogP contribution in [0.1, 0.15) is 24.3 Å². The van der Waals surface area contributed by atoms with Crippen LogP contribution in [0.15, 0.2) is 84.9 Å². The SMILES string of the molecule is Clc1cc([C@@H]2C[C@H]3C=C[C@@H]2C3)cc(Cl)c1B(c1ccccc1)c1ccccc1. The highest BCUT2D eigenvalue weighted by molar-refractivity contribution is 6.97. The van der Waals surface area contributed by atoms with Crippen molar-refractivity contribution in [1.82, 2.24) is 0 Å². The van der Waals surface area contributed by atoms with Crippen molar-refractivity contribution in [3.05, 3.63) is 101 Å². The Labute approximate surface area is 177 Å². The molecule has 3 aromatic carbocycles. The molecule has 3 aromatic rings. The van der Waals surface area contributed by atoms with Crippen molar-refractivity contribution in [1.29, 1.82) is 0 Å². The van der Waals surface area contributed by atoms with Crippen molar-refractivity contribution in [2.45, 2.75) is 18.8 Å². The predicted molar refractivity (Wildman–Crippen MR) is 122 cm³/mol. The highest BCUT2D eigenvalue weighted by Crippen LogP contribution is 2.49. The van der Waals surface area contributed by atoms with Crippen LogP contribution in [0.5, 0.6) is 0 Å². The van der Waals surface area contributed by atoms with Crippen LogP contribution in [0.2, 0.25) is 10.0 Å². The molecule has 0 heterocycles. The van der Waals surface area contributed by atoms with Crippen molar-refractivity contribution in [3.63, 3.8) is 0 Å². The maximum Gasteiger partial charge on any atom is 0.245 e. The molecule has 5 rings (SSSR count). The molecule has 138 valence electrons. The molecule has 2 aliphatic carbocycles. The smallest absolute Gasteiger partial charge is 0.0851 e. The Morgan fingerprint density at radius 3 is 1.75 bits per heavy atom.